The van der Waals surface area contributed by atoms with Crippen molar-refractivity contribution >= 4 is 34.7 Å². The van der Waals surface area contributed by atoms with Crippen LogP contribution in [0.15, 0.2) is 66.2 Å². The molecule has 33 heavy (non-hydrogen) atoms. The number of Topliss-reactive ketones (excluding diaryl/α,β-unsaturated/α-hetero) is 1. The van der Waals surface area contributed by atoms with Crippen LogP contribution in [-0.4, -0.2) is 23.9 Å². The van der Waals surface area contributed by atoms with Crippen molar-refractivity contribution in [3.8, 4) is 5.75 Å². The van der Waals surface area contributed by atoms with Gasteiger partial charge in [-0.15, -0.1) is 0 Å². The zero-order valence-electron chi connectivity index (χ0n) is 17.0. The molecule has 0 aliphatic carbocycles. The fraction of sp³-hybridized carbons (Fsp3) is 0.0833. The van der Waals surface area contributed by atoms with E-state index in [9.17, 15) is 27.9 Å². The molecular formula is C24H15ClF3NO4. The first-order valence-electron chi connectivity index (χ1n) is 9.58. The molecule has 1 heterocycles. The number of methoxy groups -OCH3 is 1. The number of rotatable bonds is 4. The second-order valence-corrected chi connectivity index (χ2v) is 7.57. The van der Waals surface area contributed by atoms with Crippen molar-refractivity contribution in [2.45, 2.75) is 6.04 Å². The zero-order chi connectivity index (χ0) is 23.9. The summed E-state index contributed by atoms with van der Waals surface area (Å²) in [6, 6.07) is 10.6. The molecule has 1 saturated heterocycles. The highest BCUT2D eigenvalue weighted by Crippen LogP contribution is 2.43. The molecule has 3 aromatic rings. The highest BCUT2D eigenvalue weighted by Gasteiger charge is 2.47. The van der Waals surface area contributed by atoms with Gasteiger partial charge in [0.1, 0.15) is 17.3 Å². The summed E-state index contributed by atoms with van der Waals surface area (Å²) in [7, 11) is 1.40. The van der Waals surface area contributed by atoms with Gasteiger partial charge in [-0.05, 0) is 48.0 Å². The van der Waals surface area contributed by atoms with Gasteiger partial charge in [0.15, 0.2) is 11.6 Å². The summed E-state index contributed by atoms with van der Waals surface area (Å²) >= 11 is 6.22. The quantitative estimate of drug-likeness (QED) is 0.313. The van der Waals surface area contributed by atoms with Gasteiger partial charge >= 0.3 is 0 Å². The predicted octanol–water partition coefficient (Wildman–Crippen LogP) is 5.39. The predicted molar refractivity (Wildman–Crippen MR) is 116 cm³/mol. The molecule has 9 heteroatoms. The molecule has 3 aromatic carbocycles. The van der Waals surface area contributed by atoms with Crippen LogP contribution in [0.2, 0.25) is 5.02 Å². The van der Waals surface area contributed by atoms with E-state index in [1.165, 1.54) is 37.4 Å². The Labute approximate surface area is 191 Å². The van der Waals surface area contributed by atoms with Crippen molar-refractivity contribution in [3.05, 3.63) is 99.8 Å². The lowest BCUT2D eigenvalue weighted by atomic mass is 9.95. The van der Waals surface area contributed by atoms with Gasteiger partial charge < -0.3 is 9.84 Å². The summed E-state index contributed by atoms with van der Waals surface area (Å²) in [6.07, 6.45) is 0. The highest BCUT2D eigenvalue weighted by molar-refractivity contribution is 6.52. The minimum Gasteiger partial charge on any atom is -0.507 e. The minimum atomic E-state index is -1.27. The number of ether oxygens (including phenoxy) is 1. The molecule has 1 N–H and O–H groups in total. The molecule has 0 bridgehead atoms. The second kappa shape index (κ2) is 8.63. The molecule has 0 saturated carbocycles. The number of anilines is 1. The van der Waals surface area contributed by atoms with E-state index in [4.69, 9.17) is 16.3 Å². The van der Waals surface area contributed by atoms with E-state index in [-0.39, 0.29) is 27.4 Å². The van der Waals surface area contributed by atoms with Crippen LogP contribution in [0.3, 0.4) is 0 Å². The molecule has 5 nitrogen and oxygen atoms in total. The molecule has 168 valence electrons. The summed E-state index contributed by atoms with van der Waals surface area (Å²) in [4.78, 5) is 27.0. The number of hydrogen-bond donors (Lipinski definition) is 1. The van der Waals surface area contributed by atoms with Crippen molar-refractivity contribution in [1.29, 1.82) is 0 Å². The zero-order valence-corrected chi connectivity index (χ0v) is 17.7. The average Bonchev–Trinajstić information content (AvgIpc) is 3.06. The molecular weight excluding hydrogens is 459 g/mol. The number of benzene rings is 3. The van der Waals surface area contributed by atoms with E-state index in [0.717, 1.165) is 35.2 Å². The third kappa shape index (κ3) is 3.93. The largest absolute Gasteiger partial charge is 0.507 e. The Morgan fingerprint density at radius 1 is 0.970 bits per heavy atom. The molecule has 0 radical (unpaired) electrons. The Morgan fingerprint density at radius 2 is 1.67 bits per heavy atom. The monoisotopic (exact) mass is 473 g/mol. The van der Waals surface area contributed by atoms with E-state index in [0.29, 0.717) is 5.75 Å². The molecule has 0 aromatic heterocycles. The first-order chi connectivity index (χ1) is 15.7. The third-order valence-electron chi connectivity index (χ3n) is 5.24. The smallest absolute Gasteiger partial charge is 0.300 e. The molecule has 1 aliphatic rings. The molecule has 1 atom stereocenters. The van der Waals surface area contributed by atoms with Gasteiger partial charge in [-0.1, -0.05) is 23.7 Å². The Morgan fingerprint density at radius 3 is 2.30 bits per heavy atom. The van der Waals surface area contributed by atoms with Crippen LogP contribution in [0.25, 0.3) is 5.76 Å². The maximum atomic E-state index is 14.0. The van der Waals surface area contributed by atoms with Crippen molar-refractivity contribution in [2.75, 3.05) is 12.0 Å². The molecule has 1 amide bonds. The number of ketones is 1. The fourth-order valence-electron chi connectivity index (χ4n) is 3.65. The fourth-order valence-corrected chi connectivity index (χ4v) is 3.86. The molecule has 1 aliphatic heterocycles. The number of hydrogen-bond acceptors (Lipinski definition) is 4. The van der Waals surface area contributed by atoms with Crippen molar-refractivity contribution in [3.63, 3.8) is 0 Å². The van der Waals surface area contributed by atoms with Crippen LogP contribution in [0.5, 0.6) is 5.75 Å². The van der Waals surface area contributed by atoms with Crippen molar-refractivity contribution in [2.24, 2.45) is 0 Å². The van der Waals surface area contributed by atoms with Crippen LogP contribution < -0.4 is 9.64 Å². The molecule has 0 spiro atoms. The Bertz CT molecular complexity index is 1310. The first kappa shape index (κ1) is 22.4. The topological polar surface area (TPSA) is 66.8 Å². The van der Waals surface area contributed by atoms with Gasteiger partial charge in [0.05, 0.1) is 23.7 Å². The number of nitrogens with zero attached hydrogens (tertiary/aromatic N) is 1. The summed E-state index contributed by atoms with van der Waals surface area (Å²) < 4.78 is 46.2. The van der Waals surface area contributed by atoms with Gasteiger partial charge in [0, 0.05) is 17.3 Å². The van der Waals surface area contributed by atoms with Gasteiger partial charge in [0.25, 0.3) is 11.7 Å². The lowest BCUT2D eigenvalue weighted by Crippen LogP contribution is -2.29. The van der Waals surface area contributed by atoms with E-state index in [1.54, 1.807) is 0 Å². The lowest BCUT2D eigenvalue weighted by molar-refractivity contribution is -0.132. The number of carbonyl (C=O) groups is 2. The van der Waals surface area contributed by atoms with E-state index in [1.807, 2.05) is 0 Å². The van der Waals surface area contributed by atoms with Gasteiger partial charge in [0.2, 0.25) is 0 Å². The SMILES string of the molecule is COc1ccc(Cl)c(/C(O)=C2\C(=O)C(=O)N(c3ccc(F)c(F)c3)C2c2ccc(F)cc2)c1. The molecule has 1 unspecified atom stereocenters. The van der Waals surface area contributed by atoms with E-state index < -0.39 is 40.9 Å². The second-order valence-electron chi connectivity index (χ2n) is 7.16. The maximum absolute atomic E-state index is 14.0. The first-order valence-corrected chi connectivity index (χ1v) is 9.96. The standard InChI is InChI=1S/C24H15ClF3NO4/c1-33-15-7-8-17(25)16(11-15)22(30)20-21(12-2-4-13(26)5-3-12)29(24(32)23(20)31)14-6-9-18(27)19(28)10-14/h2-11,21,30H,1H3/b22-20+. The molecule has 4 rings (SSSR count). The number of aliphatic hydroxyl groups excluding tert-OH is 1. The Hall–Kier alpha value is -3.78. The van der Waals surface area contributed by atoms with E-state index in [2.05, 4.69) is 0 Å². The third-order valence-corrected chi connectivity index (χ3v) is 5.57. The highest BCUT2D eigenvalue weighted by atomic mass is 35.5. The number of amides is 1. The van der Waals surface area contributed by atoms with Crippen LogP contribution in [-0.2, 0) is 9.59 Å². The van der Waals surface area contributed by atoms with Gasteiger partial charge in [-0.2, -0.15) is 0 Å². The van der Waals surface area contributed by atoms with E-state index >= 15 is 0 Å². The van der Waals surface area contributed by atoms with Crippen LogP contribution in [0.1, 0.15) is 17.2 Å². The minimum absolute atomic E-state index is 0.0198. The van der Waals surface area contributed by atoms with Crippen LogP contribution in [0, 0.1) is 17.5 Å². The normalized spacial score (nSPS) is 17.5. The lowest BCUT2D eigenvalue weighted by Gasteiger charge is -2.25. The van der Waals surface area contributed by atoms with Crippen LogP contribution >= 0.6 is 11.6 Å². The average molecular weight is 474 g/mol. The summed E-state index contributed by atoms with van der Waals surface area (Å²) in [5.74, 6) is -5.38. The molecule has 1 fully saturated rings. The summed E-state index contributed by atoms with van der Waals surface area (Å²) in [5, 5.41) is 11.2. The Kier molecular flexibility index (Phi) is 5.86. The number of carbonyl (C=O) groups excluding carboxylic acids is 2. The summed E-state index contributed by atoms with van der Waals surface area (Å²) in [6.45, 7) is 0. The van der Waals surface area contributed by atoms with Gasteiger partial charge in [-0.3, -0.25) is 14.5 Å². The van der Waals surface area contributed by atoms with Crippen LogP contribution in [0.4, 0.5) is 18.9 Å². The maximum Gasteiger partial charge on any atom is 0.300 e. The van der Waals surface area contributed by atoms with Crippen molar-refractivity contribution < 1.29 is 32.6 Å². The number of aliphatic hydroxyl groups is 1. The van der Waals surface area contributed by atoms with Gasteiger partial charge in [-0.25, -0.2) is 13.2 Å². The number of halogens is 4. The van der Waals surface area contributed by atoms with Crippen molar-refractivity contribution in [1.82, 2.24) is 0 Å². The Balaban J connectivity index is 1.98. The summed E-state index contributed by atoms with van der Waals surface area (Å²) in [5.41, 5.74) is -0.208.